The van der Waals surface area contributed by atoms with Crippen molar-refractivity contribution < 1.29 is 17.6 Å². The Morgan fingerprint density at radius 2 is 2.13 bits per heavy atom. The van der Waals surface area contributed by atoms with E-state index in [-0.39, 0.29) is 35.8 Å². The second-order valence-corrected chi connectivity index (χ2v) is 8.11. The van der Waals surface area contributed by atoms with Crippen molar-refractivity contribution in [3.8, 4) is 0 Å². The molecule has 1 atom stereocenters. The second-order valence-electron chi connectivity index (χ2n) is 5.88. The van der Waals surface area contributed by atoms with Crippen LogP contribution in [-0.2, 0) is 21.1 Å². The first-order valence-corrected chi connectivity index (χ1v) is 9.67. The van der Waals surface area contributed by atoms with E-state index < -0.39 is 9.84 Å². The highest BCUT2D eigenvalue weighted by Gasteiger charge is 2.29. The van der Waals surface area contributed by atoms with Gasteiger partial charge in [0.05, 0.1) is 18.1 Å². The van der Waals surface area contributed by atoms with Gasteiger partial charge in [0.25, 0.3) is 0 Å². The van der Waals surface area contributed by atoms with E-state index in [0.29, 0.717) is 31.5 Å². The van der Waals surface area contributed by atoms with Crippen molar-refractivity contribution in [2.24, 2.45) is 0 Å². The summed E-state index contributed by atoms with van der Waals surface area (Å²) in [6.45, 7) is 3.38. The number of rotatable bonds is 7. The number of hydrogen-bond donors (Lipinski definition) is 1. The Bertz CT molecular complexity index is 648. The molecule has 2 rings (SSSR count). The summed E-state index contributed by atoms with van der Waals surface area (Å²) in [5.74, 6) is -0.241. The molecular weight excluding hydrogens is 319 g/mol. The Balaban J connectivity index is 1.80. The van der Waals surface area contributed by atoms with E-state index in [1.807, 2.05) is 11.8 Å². The van der Waals surface area contributed by atoms with Gasteiger partial charge < -0.3 is 5.32 Å². The Labute approximate surface area is 136 Å². The van der Waals surface area contributed by atoms with Crippen LogP contribution in [0.1, 0.15) is 18.9 Å². The molecule has 0 bridgehead atoms. The lowest BCUT2D eigenvalue weighted by atomic mass is 10.1. The van der Waals surface area contributed by atoms with Gasteiger partial charge in [0.1, 0.15) is 5.82 Å². The highest BCUT2D eigenvalue weighted by atomic mass is 32.2. The standard InChI is InChI=1S/C16H23FN2O3S/c1-2-19(9-7-13-5-3-4-6-15(13)17)11-16(20)18-14-8-10-23(21,22)12-14/h3-6,14H,2,7-12H2,1H3,(H,18,20)/t14-/m0/s1. The van der Waals surface area contributed by atoms with Crippen LogP contribution in [0.15, 0.2) is 24.3 Å². The van der Waals surface area contributed by atoms with Crippen LogP contribution in [0.5, 0.6) is 0 Å². The molecule has 5 nitrogen and oxygen atoms in total. The predicted octanol–water partition coefficient (Wildman–Crippen LogP) is 0.993. The molecule has 0 aromatic heterocycles. The van der Waals surface area contributed by atoms with Crippen molar-refractivity contribution in [1.29, 1.82) is 0 Å². The van der Waals surface area contributed by atoms with Gasteiger partial charge in [-0.3, -0.25) is 9.69 Å². The second kappa shape index (κ2) is 7.88. The summed E-state index contributed by atoms with van der Waals surface area (Å²) >= 11 is 0. The van der Waals surface area contributed by atoms with Gasteiger partial charge in [-0.2, -0.15) is 0 Å². The summed E-state index contributed by atoms with van der Waals surface area (Å²) < 4.78 is 36.4. The zero-order valence-electron chi connectivity index (χ0n) is 13.3. The maximum Gasteiger partial charge on any atom is 0.234 e. The maximum atomic E-state index is 13.6. The van der Waals surface area contributed by atoms with Crippen molar-refractivity contribution >= 4 is 15.7 Å². The molecule has 1 N–H and O–H groups in total. The quantitative estimate of drug-likeness (QED) is 0.803. The van der Waals surface area contributed by atoms with Crippen LogP contribution < -0.4 is 5.32 Å². The molecule has 0 aliphatic carbocycles. The monoisotopic (exact) mass is 342 g/mol. The fraction of sp³-hybridized carbons (Fsp3) is 0.562. The number of nitrogens with one attached hydrogen (secondary N) is 1. The van der Waals surface area contributed by atoms with E-state index in [9.17, 15) is 17.6 Å². The molecule has 1 amide bonds. The third-order valence-electron chi connectivity index (χ3n) is 4.07. The smallest absolute Gasteiger partial charge is 0.234 e. The largest absolute Gasteiger partial charge is 0.351 e. The SMILES string of the molecule is CCN(CCc1ccccc1F)CC(=O)N[C@H]1CCS(=O)(=O)C1. The molecule has 7 heteroatoms. The van der Waals surface area contributed by atoms with Crippen molar-refractivity contribution in [1.82, 2.24) is 10.2 Å². The number of amides is 1. The number of hydrogen-bond acceptors (Lipinski definition) is 4. The molecule has 23 heavy (non-hydrogen) atoms. The number of nitrogens with zero attached hydrogens (tertiary/aromatic N) is 1. The molecule has 1 heterocycles. The molecule has 0 unspecified atom stereocenters. The van der Waals surface area contributed by atoms with E-state index in [1.165, 1.54) is 6.07 Å². The molecule has 1 saturated heterocycles. The highest BCUT2D eigenvalue weighted by molar-refractivity contribution is 7.91. The summed E-state index contributed by atoms with van der Waals surface area (Å²) in [6.07, 6.45) is 1.01. The first-order valence-electron chi connectivity index (χ1n) is 7.85. The molecule has 1 aliphatic rings. The van der Waals surface area contributed by atoms with E-state index in [4.69, 9.17) is 0 Å². The summed E-state index contributed by atoms with van der Waals surface area (Å²) in [6, 6.07) is 6.34. The van der Waals surface area contributed by atoms with Crippen molar-refractivity contribution in [3.63, 3.8) is 0 Å². The molecule has 0 saturated carbocycles. The molecule has 1 aromatic rings. The number of benzene rings is 1. The molecule has 0 radical (unpaired) electrons. The highest BCUT2D eigenvalue weighted by Crippen LogP contribution is 2.11. The minimum absolute atomic E-state index is 0.0279. The topological polar surface area (TPSA) is 66.5 Å². The minimum Gasteiger partial charge on any atom is -0.351 e. The number of carbonyl (C=O) groups excluding carboxylic acids is 1. The van der Waals surface area contributed by atoms with Crippen LogP contribution in [0.25, 0.3) is 0 Å². The van der Waals surface area contributed by atoms with Crippen LogP contribution in [-0.4, -0.2) is 56.4 Å². The average Bonchev–Trinajstić information content (AvgIpc) is 2.83. The maximum absolute atomic E-state index is 13.6. The molecular formula is C16H23FN2O3S. The number of halogens is 1. The van der Waals surface area contributed by atoms with E-state index in [2.05, 4.69) is 5.32 Å². The Morgan fingerprint density at radius 3 is 2.74 bits per heavy atom. The van der Waals surface area contributed by atoms with Crippen molar-refractivity contribution in [2.45, 2.75) is 25.8 Å². The summed E-state index contributed by atoms with van der Waals surface area (Å²) in [4.78, 5) is 14.0. The van der Waals surface area contributed by atoms with Crippen molar-refractivity contribution in [3.05, 3.63) is 35.6 Å². The van der Waals surface area contributed by atoms with E-state index >= 15 is 0 Å². The normalized spacial score (nSPS) is 19.9. The van der Waals surface area contributed by atoms with Crippen LogP contribution in [0.4, 0.5) is 4.39 Å². The van der Waals surface area contributed by atoms with Crippen LogP contribution in [0.2, 0.25) is 0 Å². The van der Waals surface area contributed by atoms with Gasteiger partial charge in [0.2, 0.25) is 5.91 Å². The summed E-state index contributed by atoms with van der Waals surface area (Å²) in [5, 5.41) is 2.77. The van der Waals surface area contributed by atoms with Crippen LogP contribution in [0.3, 0.4) is 0 Å². The number of likely N-dealkylation sites (N-methyl/N-ethyl adjacent to an activating group) is 1. The lowest BCUT2D eigenvalue weighted by molar-refractivity contribution is -0.122. The van der Waals surface area contributed by atoms with Gasteiger partial charge in [-0.15, -0.1) is 0 Å². The van der Waals surface area contributed by atoms with E-state index in [1.54, 1.807) is 18.2 Å². The fourth-order valence-corrected chi connectivity index (χ4v) is 4.39. The van der Waals surface area contributed by atoms with Gasteiger partial charge in [-0.05, 0) is 31.0 Å². The van der Waals surface area contributed by atoms with Gasteiger partial charge in [-0.25, -0.2) is 12.8 Å². The number of carbonyl (C=O) groups is 1. The Hall–Kier alpha value is -1.47. The Morgan fingerprint density at radius 1 is 1.39 bits per heavy atom. The molecule has 1 fully saturated rings. The molecule has 1 aromatic carbocycles. The first kappa shape index (κ1) is 17.9. The van der Waals surface area contributed by atoms with Crippen LogP contribution in [0, 0.1) is 5.82 Å². The third kappa shape index (κ3) is 5.58. The molecule has 128 valence electrons. The predicted molar refractivity (Wildman–Crippen MR) is 87.4 cm³/mol. The average molecular weight is 342 g/mol. The molecule has 0 spiro atoms. The van der Waals surface area contributed by atoms with Gasteiger partial charge in [0.15, 0.2) is 9.84 Å². The zero-order chi connectivity index (χ0) is 16.9. The summed E-state index contributed by atoms with van der Waals surface area (Å²) in [7, 11) is -3.00. The zero-order valence-corrected chi connectivity index (χ0v) is 14.1. The van der Waals surface area contributed by atoms with Gasteiger partial charge in [0, 0.05) is 12.6 Å². The lowest BCUT2D eigenvalue weighted by Crippen LogP contribution is -2.43. The van der Waals surface area contributed by atoms with Crippen molar-refractivity contribution in [2.75, 3.05) is 31.1 Å². The minimum atomic E-state index is -3.00. The van der Waals surface area contributed by atoms with E-state index in [0.717, 1.165) is 0 Å². The number of sulfone groups is 1. The Kier molecular flexibility index (Phi) is 6.12. The molecule has 1 aliphatic heterocycles. The lowest BCUT2D eigenvalue weighted by Gasteiger charge is -2.21. The fourth-order valence-electron chi connectivity index (χ4n) is 2.71. The van der Waals surface area contributed by atoms with Crippen LogP contribution >= 0.6 is 0 Å². The third-order valence-corrected chi connectivity index (χ3v) is 5.84. The summed E-state index contributed by atoms with van der Waals surface area (Å²) in [5.41, 5.74) is 0.633. The van der Waals surface area contributed by atoms with Gasteiger partial charge in [-0.1, -0.05) is 25.1 Å². The first-order chi connectivity index (χ1) is 10.9. The van der Waals surface area contributed by atoms with Gasteiger partial charge >= 0.3 is 0 Å².